The molecule has 4 rings (SSSR count). The van der Waals surface area contributed by atoms with Crippen LogP contribution < -0.4 is 10.9 Å². The lowest BCUT2D eigenvalue weighted by Crippen LogP contribution is -2.26. The van der Waals surface area contributed by atoms with E-state index < -0.39 is 27.5 Å². The molecule has 1 amide bonds. The molecule has 0 saturated heterocycles. The van der Waals surface area contributed by atoms with E-state index in [9.17, 15) is 24.1 Å². The molecule has 0 aliphatic carbocycles. The van der Waals surface area contributed by atoms with Gasteiger partial charge < -0.3 is 5.32 Å². The zero-order valence-electron chi connectivity index (χ0n) is 17.6. The number of anilines is 1. The van der Waals surface area contributed by atoms with E-state index in [1.807, 2.05) is 0 Å². The second-order valence-corrected chi connectivity index (χ2v) is 8.92. The van der Waals surface area contributed by atoms with Gasteiger partial charge in [0, 0.05) is 17.8 Å². The number of non-ortho nitro benzene ring substituents is 1. The number of rotatable bonds is 6. The molecular weight excluding hydrogens is 483 g/mol. The first-order valence-corrected chi connectivity index (χ1v) is 11.2. The van der Waals surface area contributed by atoms with Crippen LogP contribution in [0.25, 0.3) is 16.6 Å². The van der Waals surface area contributed by atoms with Crippen LogP contribution in [-0.4, -0.2) is 25.6 Å². The fraction of sp³-hybridized carbons (Fsp3) is 0.0870. The number of halogens is 2. The second kappa shape index (κ2) is 9.62. The number of nitro benzene ring substituents is 1. The van der Waals surface area contributed by atoms with Crippen molar-refractivity contribution in [1.82, 2.24) is 9.55 Å². The van der Waals surface area contributed by atoms with Gasteiger partial charge in [0.2, 0.25) is 5.91 Å². The van der Waals surface area contributed by atoms with Crippen molar-refractivity contribution in [2.45, 2.75) is 17.3 Å². The van der Waals surface area contributed by atoms with E-state index in [2.05, 4.69) is 10.3 Å². The Morgan fingerprint density at radius 2 is 1.94 bits per heavy atom. The molecule has 1 aromatic heterocycles. The second-order valence-electron chi connectivity index (χ2n) is 7.21. The molecule has 172 valence electrons. The highest BCUT2D eigenvalue weighted by Gasteiger charge is 2.21. The Morgan fingerprint density at radius 1 is 1.18 bits per heavy atom. The van der Waals surface area contributed by atoms with Crippen LogP contribution in [-0.2, 0) is 4.79 Å². The maximum atomic E-state index is 13.7. The van der Waals surface area contributed by atoms with Crippen LogP contribution in [0.3, 0.4) is 0 Å². The van der Waals surface area contributed by atoms with Crippen molar-refractivity contribution in [2.75, 3.05) is 5.32 Å². The average Bonchev–Trinajstić information content (AvgIpc) is 2.81. The summed E-state index contributed by atoms with van der Waals surface area (Å²) in [4.78, 5) is 41.1. The minimum atomic E-state index is -0.741. The Kier molecular flexibility index (Phi) is 6.62. The summed E-state index contributed by atoms with van der Waals surface area (Å²) in [5, 5.41) is 13.3. The van der Waals surface area contributed by atoms with Gasteiger partial charge >= 0.3 is 0 Å². The number of hydrogen-bond donors (Lipinski definition) is 1. The number of nitrogens with one attached hydrogen (secondary N) is 1. The molecule has 1 atom stereocenters. The van der Waals surface area contributed by atoms with Crippen LogP contribution in [0, 0.1) is 15.9 Å². The van der Waals surface area contributed by atoms with Crippen molar-refractivity contribution in [3.05, 3.63) is 98.0 Å². The predicted octanol–water partition coefficient (Wildman–Crippen LogP) is 5.21. The Bertz CT molecular complexity index is 1490. The summed E-state index contributed by atoms with van der Waals surface area (Å²) in [5.41, 5.74) is 0.438. The molecule has 4 aromatic rings. The van der Waals surface area contributed by atoms with E-state index in [4.69, 9.17) is 11.6 Å². The molecular formula is C23H16ClFN4O4S. The molecule has 0 spiro atoms. The highest BCUT2D eigenvalue weighted by Crippen LogP contribution is 2.28. The summed E-state index contributed by atoms with van der Waals surface area (Å²) in [7, 11) is 0. The van der Waals surface area contributed by atoms with Gasteiger partial charge in [-0.1, -0.05) is 41.6 Å². The summed E-state index contributed by atoms with van der Waals surface area (Å²) in [6, 6.07) is 16.2. The average molecular weight is 499 g/mol. The monoisotopic (exact) mass is 498 g/mol. The molecule has 0 radical (unpaired) electrons. The van der Waals surface area contributed by atoms with Gasteiger partial charge in [-0.15, -0.1) is 0 Å². The van der Waals surface area contributed by atoms with E-state index >= 15 is 0 Å². The number of amides is 1. The maximum Gasteiger partial charge on any atom is 0.271 e. The molecule has 0 fully saturated rings. The topological polar surface area (TPSA) is 107 Å². The number of carbonyl (C=O) groups excluding carboxylic acids is 1. The molecule has 0 aliphatic heterocycles. The largest absolute Gasteiger partial charge is 0.325 e. The zero-order chi connectivity index (χ0) is 24.4. The molecule has 1 N–H and O–H groups in total. The normalized spacial score (nSPS) is 11.9. The summed E-state index contributed by atoms with van der Waals surface area (Å²) in [6.45, 7) is 1.61. The van der Waals surface area contributed by atoms with E-state index in [1.165, 1.54) is 41.0 Å². The third-order valence-corrected chi connectivity index (χ3v) is 6.22. The molecule has 0 aliphatic rings. The summed E-state index contributed by atoms with van der Waals surface area (Å²) in [6.07, 6.45) is 0. The minimum Gasteiger partial charge on any atom is -0.325 e. The van der Waals surface area contributed by atoms with E-state index in [1.54, 1.807) is 31.2 Å². The van der Waals surface area contributed by atoms with Gasteiger partial charge in [-0.05, 0) is 43.3 Å². The Balaban J connectivity index is 1.71. The molecule has 3 aromatic carbocycles. The van der Waals surface area contributed by atoms with E-state index in [0.717, 1.165) is 17.8 Å². The van der Waals surface area contributed by atoms with Gasteiger partial charge in [0.25, 0.3) is 11.2 Å². The van der Waals surface area contributed by atoms with Crippen LogP contribution >= 0.6 is 23.4 Å². The summed E-state index contributed by atoms with van der Waals surface area (Å²) in [5.74, 6) is -1.08. The highest BCUT2D eigenvalue weighted by atomic mass is 35.5. The predicted molar refractivity (Wildman–Crippen MR) is 129 cm³/mol. The third kappa shape index (κ3) is 4.78. The number of hydrogen-bond acceptors (Lipinski definition) is 6. The van der Waals surface area contributed by atoms with Gasteiger partial charge in [-0.2, -0.15) is 0 Å². The number of nitro groups is 1. The smallest absolute Gasteiger partial charge is 0.271 e. The maximum absolute atomic E-state index is 13.7. The van der Waals surface area contributed by atoms with Crippen LogP contribution in [0.15, 0.2) is 76.7 Å². The van der Waals surface area contributed by atoms with Gasteiger partial charge in [-0.25, -0.2) is 9.37 Å². The van der Waals surface area contributed by atoms with Crippen LogP contribution in [0.4, 0.5) is 15.8 Å². The Morgan fingerprint density at radius 3 is 2.68 bits per heavy atom. The first-order valence-electron chi connectivity index (χ1n) is 9.94. The number of carbonyl (C=O) groups is 1. The summed E-state index contributed by atoms with van der Waals surface area (Å²) < 4.78 is 15.0. The highest BCUT2D eigenvalue weighted by molar-refractivity contribution is 8.00. The van der Waals surface area contributed by atoms with Crippen molar-refractivity contribution in [3.8, 4) is 5.69 Å². The fourth-order valence-corrected chi connectivity index (χ4v) is 4.30. The van der Waals surface area contributed by atoms with E-state index in [0.29, 0.717) is 16.6 Å². The zero-order valence-corrected chi connectivity index (χ0v) is 19.1. The van der Waals surface area contributed by atoms with Gasteiger partial charge in [-0.3, -0.25) is 24.3 Å². The lowest BCUT2D eigenvalue weighted by atomic mass is 10.2. The molecule has 1 unspecified atom stereocenters. The SMILES string of the molecule is CC(Sc1nc2ccccc2c(=O)n1-c1ccc(F)c(Cl)c1)C(=O)Nc1cccc([N+](=O)[O-])c1. The first kappa shape index (κ1) is 23.4. The number of aromatic nitrogens is 2. The van der Waals surface area contributed by atoms with Gasteiger partial charge in [0.15, 0.2) is 5.16 Å². The first-order chi connectivity index (χ1) is 16.2. The number of benzene rings is 3. The van der Waals surface area contributed by atoms with Crippen molar-refractivity contribution in [1.29, 1.82) is 0 Å². The van der Waals surface area contributed by atoms with Gasteiger partial charge in [0.05, 0.1) is 31.8 Å². The molecule has 8 nitrogen and oxygen atoms in total. The van der Waals surface area contributed by atoms with Crippen LogP contribution in [0.1, 0.15) is 6.92 Å². The lowest BCUT2D eigenvalue weighted by Gasteiger charge is -2.17. The van der Waals surface area contributed by atoms with Crippen molar-refractivity contribution in [2.24, 2.45) is 0 Å². The minimum absolute atomic E-state index is 0.156. The molecule has 0 saturated carbocycles. The standard InChI is InChI=1S/C23H16ClFN4O4S/c1-13(21(30)26-14-5-4-6-16(11-14)29(32)33)34-23-27-20-8-3-2-7-17(20)22(31)28(23)15-9-10-19(25)18(24)12-15/h2-13H,1H3,(H,26,30). The lowest BCUT2D eigenvalue weighted by molar-refractivity contribution is -0.384. The number of nitrogens with zero attached hydrogens (tertiary/aromatic N) is 3. The number of para-hydroxylation sites is 1. The third-order valence-electron chi connectivity index (χ3n) is 4.88. The number of fused-ring (bicyclic) bond motifs is 1. The van der Waals surface area contributed by atoms with Crippen LogP contribution in [0.5, 0.6) is 0 Å². The molecule has 1 heterocycles. The quantitative estimate of drug-likeness (QED) is 0.169. The Hall–Kier alpha value is -3.76. The van der Waals surface area contributed by atoms with E-state index in [-0.39, 0.29) is 21.6 Å². The van der Waals surface area contributed by atoms with Crippen LogP contribution in [0.2, 0.25) is 5.02 Å². The molecule has 0 bridgehead atoms. The number of thioether (sulfide) groups is 1. The molecule has 11 heteroatoms. The van der Waals surface area contributed by atoms with Crippen molar-refractivity contribution in [3.63, 3.8) is 0 Å². The fourth-order valence-electron chi connectivity index (χ4n) is 3.20. The Labute approximate surface area is 201 Å². The van der Waals surface area contributed by atoms with Gasteiger partial charge in [0.1, 0.15) is 5.82 Å². The van der Waals surface area contributed by atoms with Crippen molar-refractivity contribution < 1.29 is 14.1 Å². The summed E-state index contributed by atoms with van der Waals surface area (Å²) >= 11 is 6.95. The molecule has 34 heavy (non-hydrogen) atoms. The van der Waals surface area contributed by atoms with Crippen molar-refractivity contribution >= 4 is 51.5 Å².